The molecule has 1 aliphatic heterocycles. The first-order chi connectivity index (χ1) is 12.2. The van der Waals surface area contributed by atoms with Crippen LogP contribution in [0.1, 0.15) is 31.4 Å². The predicted octanol–water partition coefficient (Wildman–Crippen LogP) is 2.74. The SMILES string of the molecule is O=C(NCCc1cc2ccccc2o1)[C@H]1CCCN(C(=O)C2CC2)C1. The van der Waals surface area contributed by atoms with Crippen molar-refractivity contribution in [1.82, 2.24) is 10.2 Å². The van der Waals surface area contributed by atoms with Gasteiger partial charge in [-0.25, -0.2) is 0 Å². The Kier molecular flexibility index (Phi) is 4.47. The van der Waals surface area contributed by atoms with Crippen molar-refractivity contribution in [3.05, 3.63) is 36.1 Å². The van der Waals surface area contributed by atoms with Crippen LogP contribution in [0, 0.1) is 11.8 Å². The molecular formula is C20H24N2O3. The summed E-state index contributed by atoms with van der Waals surface area (Å²) in [7, 11) is 0. The highest BCUT2D eigenvalue weighted by atomic mass is 16.3. The Bertz CT molecular complexity index is 745. The van der Waals surface area contributed by atoms with Crippen LogP contribution in [0.25, 0.3) is 11.0 Å². The minimum atomic E-state index is -0.0767. The molecule has 1 saturated heterocycles. The lowest BCUT2D eigenvalue weighted by molar-refractivity contribution is -0.136. The molecule has 0 bridgehead atoms. The van der Waals surface area contributed by atoms with Crippen LogP contribution in [0.15, 0.2) is 34.7 Å². The second kappa shape index (κ2) is 6.90. The minimum absolute atomic E-state index is 0.0596. The number of hydrogen-bond donors (Lipinski definition) is 1. The summed E-state index contributed by atoms with van der Waals surface area (Å²) in [5.41, 5.74) is 0.880. The molecular weight excluding hydrogens is 316 g/mol. The molecule has 2 heterocycles. The standard InChI is InChI=1S/C20H24N2O3/c23-19(16-5-3-11-22(13-16)20(24)14-7-8-14)21-10-9-17-12-15-4-1-2-6-18(15)25-17/h1-2,4,6,12,14,16H,3,5,7-11,13H2,(H,21,23)/t16-/m0/s1. The van der Waals surface area contributed by atoms with Crippen LogP contribution in [0.4, 0.5) is 0 Å². The van der Waals surface area contributed by atoms with Gasteiger partial charge in [-0.05, 0) is 37.8 Å². The number of para-hydroxylation sites is 1. The van der Waals surface area contributed by atoms with Crippen molar-refractivity contribution in [3.63, 3.8) is 0 Å². The molecule has 4 rings (SSSR count). The van der Waals surface area contributed by atoms with Gasteiger partial charge in [0.2, 0.25) is 11.8 Å². The van der Waals surface area contributed by atoms with E-state index in [9.17, 15) is 9.59 Å². The molecule has 0 radical (unpaired) electrons. The quantitative estimate of drug-likeness (QED) is 0.910. The lowest BCUT2D eigenvalue weighted by Gasteiger charge is -2.32. The van der Waals surface area contributed by atoms with E-state index in [0.717, 1.165) is 49.0 Å². The topological polar surface area (TPSA) is 62.6 Å². The molecule has 0 unspecified atom stereocenters. The lowest BCUT2D eigenvalue weighted by Crippen LogP contribution is -2.46. The van der Waals surface area contributed by atoms with Crippen LogP contribution in [0.2, 0.25) is 0 Å². The highest BCUT2D eigenvalue weighted by Crippen LogP contribution is 2.32. The summed E-state index contributed by atoms with van der Waals surface area (Å²) < 4.78 is 5.77. The Morgan fingerprint density at radius 1 is 1.16 bits per heavy atom. The Morgan fingerprint density at radius 2 is 2.00 bits per heavy atom. The van der Waals surface area contributed by atoms with E-state index in [0.29, 0.717) is 19.5 Å². The van der Waals surface area contributed by atoms with Crippen molar-refractivity contribution in [3.8, 4) is 0 Å². The summed E-state index contributed by atoms with van der Waals surface area (Å²) in [6, 6.07) is 9.94. The number of carbonyl (C=O) groups excluding carboxylic acids is 2. The predicted molar refractivity (Wildman–Crippen MR) is 95.0 cm³/mol. The number of rotatable bonds is 5. The third-order valence-corrected chi connectivity index (χ3v) is 5.18. The fraction of sp³-hybridized carbons (Fsp3) is 0.500. The molecule has 2 fully saturated rings. The van der Waals surface area contributed by atoms with Gasteiger partial charge in [0.05, 0.1) is 5.92 Å². The summed E-state index contributed by atoms with van der Waals surface area (Å²) in [6.45, 7) is 1.94. The molecule has 132 valence electrons. The van der Waals surface area contributed by atoms with Crippen LogP contribution in [-0.4, -0.2) is 36.3 Å². The van der Waals surface area contributed by atoms with Crippen LogP contribution < -0.4 is 5.32 Å². The number of furan rings is 1. The monoisotopic (exact) mass is 340 g/mol. The summed E-state index contributed by atoms with van der Waals surface area (Å²) in [6.07, 6.45) is 4.50. The number of amides is 2. The average Bonchev–Trinajstić information content (AvgIpc) is 3.40. The number of piperidine rings is 1. The summed E-state index contributed by atoms with van der Waals surface area (Å²) in [4.78, 5) is 26.5. The molecule has 25 heavy (non-hydrogen) atoms. The number of carbonyl (C=O) groups is 2. The van der Waals surface area contributed by atoms with Crippen molar-refractivity contribution in [1.29, 1.82) is 0 Å². The second-order valence-corrected chi connectivity index (χ2v) is 7.19. The van der Waals surface area contributed by atoms with E-state index in [1.807, 2.05) is 35.2 Å². The lowest BCUT2D eigenvalue weighted by atomic mass is 9.96. The first-order valence-electron chi connectivity index (χ1n) is 9.24. The van der Waals surface area contributed by atoms with E-state index < -0.39 is 0 Å². The number of fused-ring (bicyclic) bond motifs is 1. The van der Waals surface area contributed by atoms with E-state index >= 15 is 0 Å². The van der Waals surface area contributed by atoms with Crippen molar-refractivity contribution in [2.75, 3.05) is 19.6 Å². The molecule has 1 saturated carbocycles. The average molecular weight is 340 g/mol. The van der Waals surface area contributed by atoms with E-state index in [4.69, 9.17) is 4.42 Å². The normalized spacial score (nSPS) is 20.6. The van der Waals surface area contributed by atoms with Crippen molar-refractivity contribution >= 4 is 22.8 Å². The zero-order chi connectivity index (χ0) is 17.2. The molecule has 5 nitrogen and oxygen atoms in total. The highest BCUT2D eigenvalue weighted by Gasteiger charge is 2.36. The van der Waals surface area contributed by atoms with Crippen LogP contribution in [0.3, 0.4) is 0 Å². The fourth-order valence-corrected chi connectivity index (χ4v) is 3.59. The first kappa shape index (κ1) is 16.2. The van der Waals surface area contributed by atoms with Gasteiger partial charge in [0.15, 0.2) is 0 Å². The largest absolute Gasteiger partial charge is 0.461 e. The highest BCUT2D eigenvalue weighted by molar-refractivity contribution is 5.83. The molecule has 1 aromatic carbocycles. The minimum Gasteiger partial charge on any atom is -0.461 e. The van der Waals surface area contributed by atoms with E-state index in [1.54, 1.807) is 0 Å². The van der Waals surface area contributed by atoms with Gasteiger partial charge in [0, 0.05) is 37.4 Å². The zero-order valence-electron chi connectivity index (χ0n) is 14.4. The second-order valence-electron chi connectivity index (χ2n) is 7.19. The number of nitrogens with zero attached hydrogens (tertiary/aromatic N) is 1. The van der Waals surface area contributed by atoms with E-state index in [2.05, 4.69) is 5.32 Å². The summed E-state index contributed by atoms with van der Waals surface area (Å²) >= 11 is 0. The molecule has 1 atom stereocenters. The van der Waals surface area contributed by atoms with Crippen molar-refractivity contribution in [2.24, 2.45) is 11.8 Å². The Morgan fingerprint density at radius 3 is 2.80 bits per heavy atom. The Hall–Kier alpha value is -2.30. The number of likely N-dealkylation sites (tertiary alicyclic amines) is 1. The molecule has 1 aliphatic carbocycles. The Balaban J connectivity index is 1.27. The van der Waals surface area contributed by atoms with Crippen molar-refractivity contribution in [2.45, 2.75) is 32.1 Å². The number of nitrogens with one attached hydrogen (secondary N) is 1. The van der Waals surface area contributed by atoms with E-state index in [-0.39, 0.29) is 23.7 Å². The smallest absolute Gasteiger partial charge is 0.225 e. The van der Waals surface area contributed by atoms with Crippen LogP contribution >= 0.6 is 0 Å². The van der Waals surface area contributed by atoms with Gasteiger partial charge < -0.3 is 14.6 Å². The molecule has 2 amide bonds. The van der Waals surface area contributed by atoms with E-state index in [1.165, 1.54) is 0 Å². The molecule has 0 spiro atoms. The molecule has 2 aromatic rings. The molecule has 1 aromatic heterocycles. The van der Waals surface area contributed by atoms with Gasteiger partial charge in [0.25, 0.3) is 0 Å². The third kappa shape index (κ3) is 3.70. The maximum atomic E-state index is 12.4. The van der Waals surface area contributed by atoms with Crippen molar-refractivity contribution < 1.29 is 14.0 Å². The van der Waals surface area contributed by atoms with Gasteiger partial charge in [-0.1, -0.05) is 18.2 Å². The van der Waals surface area contributed by atoms with Gasteiger partial charge in [0.1, 0.15) is 11.3 Å². The van der Waals surface area contributed by atoms with Gasteiger partial charge in [-0.15, -0.1) is 0 Å². The first-order valence-corrected chi connectivity index (χ1v) is 9.24. The maximum Gasteiger partial charge on any atom is 0.225 e. The Labute approximate surface area is 147 Å². The molecule has 1 N–H and O–H groups in total. The molecule has 5 heteroatoms. The van der Waals surface area contributed by atoms with Gasteiger partial charge in [-0.3, -0.25) is 9.59 Å². The number of hydrogen-bond acceptors (Lipinski definition) is 3. The number of benzene rings is 1. The van der Waals surface area contributed by atoms with Gasteiger partial charge in [-0.2, -0.15) is 0 Å². The third-order valence-electron chi connectivity index (χ3n) is 5.18. The maximum absolute atomic E-state index is 12.4. The van der Waals surface area contributed by atoms with Gasteiger partial charge >= 0.3 is 0 Å². The van der Waals surface area contributed by atoms with Crippen LogP contribution in [-0.2, 0) is 16.0 Å². The fourth-order valence-electron chi connectivity index (χ4n) is 3.59. The summed E-state index contributed by atoms with van der Waals surface area (Å²) in [5, 5.41) is 4.10. The molecule has 2 aliphatic rings. The zero-order valence-corrected chi connectivity index (χ0v) is 14.4. The van der Waals surface area contributed by atoms with Crippen LogP contribution in [0.5, 0.6) is 0 Å². The summed E-state index contributed by atoms with van der Waals surface area (Å²) in [5.74, 6) is 1.35.